The molecule has 0 saturated carbocycles. The van der Waals surface area contributed by atoms with E-state index in [9.17, 15) is 0 Å². The molecule has 0 spiro atoms. The van der Waals surface area contributed by atoms with E-state index < -0.39 is 0 Å². The molecule has 6 heteroatoms. The summed E-state index contributed by atoms with van der Waals surface area (Å²) in [7, 11) is 1.52. The summed E-state index contributed by atoms with van der Waals surface area (Å²) >= 11 is 3.27. The summed E-state index contributed by atoms with van der Waals surface area (Å²) in [5, 5.41) is 0. The summed E-state index contributed by atoms with van der Waals surface area (Å²) in [4.78, 5) is 8.12. The summed E-state index contributed by atoms with van der Waals surface area (Å²) in [6.07, 6.45) is 1.56. The van der Waals surface area contributed by atoms with E-state index in [1.807, 2.05) is 19.1 Å². The second-order valence-electron chi connectivity index (χ2n) is 3.65. The molecule has 94 valence electrons. The van der Waals surface area contributed by atoms with Crippen LogP contribution in [0.15, 0.2) is 28.9 Å². The van der Waals surface area contributed by atoms with Crippen molar-refractivity contribution >= 4 is 21.6 Å². The number of anilines is 1. The molecular weight excluding hydrogens is 298 g/mol. The lowest BCUT2D eigenvalue weighted by Crippen LogP contribution is -1.98. The molecule has 0 unspecified atom stereocenters. The molecule has 0 fully saturated rings. The van der Waals surface area contributed by atoms with Crippen LogP contribution in [0.5, 0.6) is 17.6 Å². The van der Waals surface area contributed by atoms with E-state index in [1.165, 1.54) is 7.11 Å². The molecule has 0 amide bonds. The highest BCUT2D eigenvalue weighted by molar-refractivity contribution is 9.10. The Kier molecular flexibility index (Phi) is 3.66. The van der Waals surface area contributed by atoms with Crippen LogP contribution in [0.25, 0.3) is 0 Å². The molecule has 0 radical (unpaired) electrons. The van der Waals surface area contributed by atoms with Crippen LogP contribution < -0.4 is 15.2 Å². The van der Waals surface area contributed by atoms with Gasteiger partial charge in [0.05, 0.1) is 23.5 Å². The zero-order chi connectivity index (χ0) is 13.1. The van der Waals surface area contributed by atoms with Crippen molar-refractivity contribution in [1.29, 1.82) is 0 Å². The number of ether oxygens (including phenoxy) is 2. The number of halogens is 1. The molecule has 0 atom stereocenters. The Morgan fingerprint density at radius 1 is 1.33 bits per heavy atom. The number of nitrogen functional groups attached to an aromatic ring is 1. The van der Waals surface area contributed by atoms with Crippen molar-refractivity contribution in [3.8, 4) is 17.6 Å². The van der Waals surface area contributed by atoms with Crippen LogP contribution in [0.3, 0.4) is 0 Å². The number of aromatic nitrogens is 2. The van der Waals surface area contributed by atoms with Gasteiger partial charge in [0.1, 0.15) is 0 Å². The molecule has 0 saturated heterocycles. The Morgan fingerprint density at radius 3 is 2.78 bits per heavy atom. The zero-order valence-electron chi connectivity index (χ0n) is 9.98. The lowest BCUT2D eigenvalue weighted by molar-refractivity contribution is 0.374. The van der Waals surface area contributed by atoms with Crippen LogP contribution in [-0.4, -0.2) is 17.1 Å². The first-order valence-electron chi connectivity index (χ1n) is 5.20. The van der Waals surface area contributed by atoms with E-state index in [0.29, 0.717) is 21.8 Å². The van der Waals surface area contributed by atoms with Crippen LogP contribution in [0.1, 0.15) is 5.56 Å². The largest absolute Gasteiger partial charge is 0.480 e. The highest BCUT2D eigenvalue weighted by Gasteiger charge is 2.08. The molecule has 1 heterocycles. The third-order valence-corrected chi connectivity index (χ3v) is 2.79. The lowest BCUT2D eigenvalue weighted by Gasteiger charge is -2.08. The van der Waals surface area contributed by atoms with Gasteiger partial charge in [0.2, 0.25) is 5.88 Å². The van der Waals surface area contributed by atoms with Crippen LogP contribution >= 0.6 is 15.9 Å². The van der Waals surface area contributed by atoms with Gasteiger partial charge < -0.3 is 15.2 Å². The number of hydrogen-bond donors (Lipinski definition) is 1. The molecule has 5 nitrogen and oxygen atoms in total. The van der Waals surface area contributed by atoms with Gasteiger partial charge in [0, 0.05) is 0 Å². The maximum atomic E-state index is 5.85. The number of hydrogen-bond acceptors (Lipinski definition) is 5. The van der Waals surface area contributed by atoms with E-state index in [2.05, 4.69) is 25.9 Å². The topological polar surface area (TPSA) is 70.3 Å². The maximum Gasteiger partial charge on any atom is 0.325 e. The Labute approximate surface area is 113 Å². The number of methoxy groups -OCH3 is 1. The number of nitrogens with two attached hydrogens (primary N) is 1. The highest BCUT2D eigenvalue weighted by Crippen LogP contribution is 2.28. The number of aryl methyl sites for hydroxylation is 1. The van der Waals surface area contributed by atoms with Gasteiger partial charge in [0.15, 0.2) is 5.75 Å². The summed E-state index contributed by atoms with van der Waals surface area (Å²) < 4.78 is 11.2. The second kappa shape index (κ2) is 5.22. The number of nitrogens with zero attached hydrogens (tertiary/aromatic N) is 2. The minimum atomic E-state index is 0.186. The van der Waals surface area contributed by atoms with Crippen molar-refractivity contribution in [2.75, 3.05) is 12.8 Å². The van der Waals surface area contributed by atoms with Crippen molar-refractivity contribution in [2.45, 2.75) is 6.92 Å². The van der Waals surface area contributed by atoms with Gasteiger partial charge in [-0.1, -0.05) is 6.07 Å². The van der Waals surface area contributed by atoms with Gasteiger partial charge in [-0.05, 0) is 40.5 Å². The molecule has 2 aromatic rings. The van der Waals surface area contributed by atoms with E-state index >= 15 is 0 Å². The summed E-state index contributed by atoms with van der Waals surface area (Å²) in [5.41, 5.74) is 7.45. The standard InChI is InChI=1S/C12H12BrN3O2/c1-7-3-4-10(9(14)5-7)18-12-15-6-8(13)11(16-12)17-2/h3-6H,14H2,1-2H3. The predicted octanol–water partition coefficient (Wildman–Crippen LogP) is 2.93. The fourth-order valence-corrected chi connectivity index (χ4v) is 1.74. The predicted molar refractivity (Wildman–Crippen MR) is 71.9 cm³/mol. The normalized spacial score (nSPS) is 10.2. The van der Waals surface area contributed by atoms with Crippen LogP contribution in [-0.2, 0) is 0 Å². The van der Waals surface area contributed by atoms with Gasteiger partial charge >= 0.3 is 6.01 Å². The van der Waals surface area contributed by atoms with Gasteiger partial charge in [-0.15, -0.1) is 0 Å². The Balaban J connectivity index is 2.28. The molecule has 0 aliphatic carbocycles. The first-order chi connectivity index (χ1) is 8.60. The fraction of sp³-hybridized carbons (Fsp3) is 0.167. The molecular formula is C12H12BrN3O2. The smallest absolute Gasteiger partial charge is 0.325 e. The maximum absolute atomic E-state index is 5.85. The average molecular weight is 310 g/mol. The minimum Gasteiger partial charge on any atom is -0.480 e. The zero-order valence-corrected chi connectivity index (χ0v) is 11.6. The summed E-state index contributed by atoms with van der Waals surface area (Å²) in [6.45, 7) is 1.96. The number of rotatable bonds is 3. The van der Waals surface area contributed by atoms with Crippen molar-refractivity contribution in [2.24, 2.45) is 0 Å². The monoisotopic (exact) mass is 309 g/mol. The molecule has 0 aliphatic heterocycles. The van der Waals surface area contributed by atoms with Gasteiger partial charge in [0.25, 0.3) is 0 Å². The Morgan fingerprint density at radius 2 is 2.11 bits per heavy atom. The Hall–Kier alpha value is -1.82. The molecule has 2 N–H and O–H groups in total. The number of benzene rings is 1. The Bertz CT molecular complexity index is 575. The van der Waals surface area contributed by atoms with Crippen molar-refractivity contribution in [3.05, 3.63) is 34.4 Å². The van der Waals surface area contributed by atoms with Gasteiger partial charge in [-0.25, -0.2) is 4.98 Å². The van der Waals surface area contributed by atoms with E-state index in [-0.39, 0.29) is 6.01 Å². The second-order valence-corrected chi connectivity index (χ2v) is 4.51. The first-order valence-corrected chi connectivity index (χ1v) is 6.00. The lowest BCUT2D eigenvalue weighted by atomic mass is 10.2. The SMILES string of the molecule is COc1nc(Oc2ccc(C)cc2N)ncc1Br. The van der Waals surface area contributed by atoms with Crippen molar-refractivity contribution in [3.63, 3.8) is 0 Å². The van der Waals surface area contributed by atoms with Crippen LogP contribution in [0.4, 0.5) is 5.69 Å². The fourth-order valence-electron chi connectivity index (χ4n) is 1.39. The molecule has 0 bridgehead atoms. The molecule has 0 aliphatic rings. The highest BCUT2D eigenvalue weighted by atomic mass is 79.9. The van der Waals surface area contributed by atoms with E-state index in [4.69, 9.17) is 15.2 Å². The van der Waals surface area contributed by atoms with Crippen LogP contribution in [0, 0.1) is 6.92 Å². The van der Waals surface area contributed by atoms with Gasteiger partial charge in [-0.3, -0.25) is 0 Å². The minimum absolute atomic E-state index is 0.186. The van der Waals surface area contributed by atoms with Crippen molar-refractivity contribution in [1.82, 2.24) is 9.97 Å². The first kappa shape index (κ1) is 12.6. The molecule has 2 rings (SSSR count). The molecule has 1 aromatic heterocycles. The molecule has 1 aromatic carbocycles. The molecule has 18 heavy (non-hydrogen) atoms. The third kappa shape index (κ3) is 2.70. The summed E-state index contributed by atoms with van der Waals surface area (Å²) in [6, 6.07) is 5.70. The average Bonchev–Trinajstić information content (AvgIpc) is 2.35. The van der Waals surface area contributed by atoms with Gasteiger partial charge in [-0.2, -0.15) is 4.98 Å². The van der Waals surface area contributed by atoms with E-state index in [0.717, 1.165) is 5.56 Å². The summed E-state index contributed by atoms with van der Waals surface area (Å²) in [5.74, 6) is 0.927. The van der Waals surface area contributed by atoms with Crippen molar-refractivity contribution < 1.29 is 9.47 Å². The third-order valence-electron chi connectivity index (χ3n) is 2.25. The quantitative estimate of drug-likeness (QED) is 0.883. The van der Waals surface area contributed by atoms with Crippen LogP contribution in [0.2, 0.25) is 0 Å². The van der Waals surface area contributed by atoms with E-state index in [1.54, 1.807) is 12.3 Å².